The third-order valence-corrected chi connectivity index (χ3v) is 5.87. The third kappa shape index (κ3) is 4.74. The van der Waals surface area contributed by atoms with Gasteiger partial charge in [0.2, 0.25) is 0 Å². The lowest BCUT2D eigenvalue weighted by atomic mass is 9.96. The summed E-state index contributed by atoms with van der Waals surface area (Å²) < 4.78 is 12.8. The molecule has 7 nitrogen and oxygen atoms in total. The van der Waals surface area contributed by atoms with E-state index in [4.69, 9.17) is 9.47 Å². The van der Waals surface area contributed by atoms with Gasteiger partial charge in [-0.15, -0.1) is 0 Å². The van der Waals surface area contributed by atoms with E-state index in [1.165, 1.54) is 0 Å². The van der Waals surface area contributed by atoms with Crippen LogP contribution < -0.4 is 15.6 Å². The van der Waals surface area contributed by atoms with Crippen molar-refractivity contribution < 1.29 is 14.3 Å². The second kappa shape index (κ2) is 9.45. The Morgan fingerprint density at radius 2 is 1.97 bits per heavy atom. The Bertz CT molecular complexity index is 950. The Morgan fingerprint density at radius 3 is 2.80 bits per heavy atom. The molecule has 3 heterocycles. The molecule has 160 valence electrons. The number of hydrogen-bond acceptors (Lipinski definition) is 5. The van der Waals surface area contributed by atoms with Gasteiger partial charge in [-0.25, -0.2) is 0 Å². The number of nitrogens with one attached hydrogen (secondary N) is 1. The first-order valence-electron chi connectivity index (χ1n) is 10.6. The number of aryl methyl sites for hydroxylation is 1. The molecule has 30 heavy (non-hydrogen) atoms. The van der Waals surface area contributed by atoms with Gasteiger partial charge < -0.3 is 19.4 Å². The van der Waals surface area contributed by atoms with Gasteiger partial charge in [-0.1, -0.05) is 18.2 Å². The van der Waals surface area contributed by atoms with E-state index in [1.54, 1.807) is 10.8 Å². The quantitative estimate of drug-likeness (QED) is 0.779. The van der Waals surface area contributed by atoms with E-state index in [-0.39, 0.29) is 22.9 Å². The molecule has 0 radical (unpaired) electrons. The maximum absolute atomic E-state index is 13.0. The predicted molar refractivity (Wildman–Crippen MR) is 114 cm³/mol. The molecule has 0 aliphatic carbocycles. The van der Waals surface area contributed by atoms with Gasteiger partial charge in [0, 0.05) is 44.8 Å². The van der Waals surface area contributed by atoms with Crippen molar-refractivity contribution in [1.29, 1.82) is 0 Å². The number of aromatic nitrogens is 1. The van der Waals surface area contributed by atoms with Gasteiger partial charge >= 0.3 is 0 Å². The van der Waals surface area contributed by atoms with Gasteiger partial charge in [0.05, 0.1) is 19.8 Å². The maximum atomic E-state index is 13.0. The SMILES string of the molecule is Cc1ccn(CCN2CCOCC2)c(=O)c1C(=O)NCC1COc2ccccc2C1. The van der Waals surface area contributed by atoms with Crippen LogP contribution >= 0.6 is 0 Å². The van der Waals surface area contributed by atoms with E-state index in [0.29, 0.717) is 25.3 Å². The summed E-state index contributed by atoms with van der Waals surface area (Å²) in [6, 6.07) is 9.82. The Morgan fingerprint density at radius 1 is 1.17 bits per heavy atom. The fourth-order valence-corrected chi connectivity index (χ4v) is 4.04. The number of para-hydroxylation sites is 1. The van der Waals surface area contributed by atoms with Crippen molar-refractivity contribution >= 4 is 5.91 Å². The van der Waals surface area contributed by atoms with Crippen molar-refractivity contribution in [2.75, 3.05) is 46.0 Å². The Labute approximate surface area is 176 Å². The molecule has 1 N–H and O–H groups in total. The summed E-state index contributed by atoms with van der Waals surface area (Å²) in [5.74, 6) is 0.802. The number of carbonyl (C=O) groups is 1. The molecule has 1 amide bonds. The monoisotopic (exact) mass is 411 g/mol. The van der Waals surface area contributed by atoms with E-state index in [0.717, 1.165) is 50.6 Å². The summed E-state index contributed by atoms with van der Waals surface area (Å²) in [6.07, 6.45) is 2.63. The third-order valence-electron chi connectivity index (χ3n) is 5.87. The van der Waals surface area contributed by atoms with Gasteiger partial charge in [-0.2, -0.15) is 0 Å². The van der Waals surface area contributed by atoms with Crippen molar-refractivity contribution in [3.05, 3.63) is 63.6 Å². The van der Waals surface area contributed by atoms with Crippen molar-refractivity contribution in [2.45, 2.75) is 19.9 Å². The lowest BCUT2D eigenvalue weighted by molar-refractivity contribution is 0.0362. The first kappa shape index (κ1) is 20.6. The van der Waals surface area contributed by atoms with E-state index < -0.39 is 0 Å². The van der Waals surface area contributed by atoms with Gasteiger partial charge in [0.15, 0.2) is 0 Å². The standard InChI is InChI=1S/C23H29N3O4/c1-17-6-7-26(9-8-25-10-12-29-13-11-25)23(28)21(17)22(27)24-15-18-14-19-4-2-3-5-20(19)30-16-18/h2-7,18H,8-16H2,1H3,(H,24,27). The molecule has 0 bridgehead atoms. The molecule has 1 saturated heterocycles. The van der Waals surface area contributed by atoms with Gasteiger partial charge in [-0.05, 0) is 36.6 Å². The topological polar surface area (TPSA) is 72.8 Å². The normalized spacial score (nSPS) is 19.0. The van der Waals surface area contributed by atoms with Crippen LogP contribution in [-0.4, -0.2) is 61.4 Å². The molecule has 0 saturated carbocycles. The number of hydrogen-bond donors (Lipinski definition) is 1. The second-order valence-electron chi connectivity index (χ2n) is 8.03. The zero-order chi connectivity index (χ0) is 20.9. The largest absolute Gasteiger partial charge is 0.493 e. The number of benzene rings is 1. The average molecular weight is 412 g/mol. The number of carbonyl (C=O) groups excluding carboxylic acids is 1. The molecular weight excluding hydrogens is 382 g/mol. The molecule has 1 fully saturated rings. The number of rotatable bonds is 6. The highest BCUT2D eigenvalue weighted by molar-refractivity contribution is 5.95. The number of amides is 1. The van der Waals surface area contributed by atoms with Crippen LogP contribution in [0.2, 0.25) is 0 Å². The highest BCUT2D eigenvalue weighted by Crippen LogP contribution is 2.26. The minimum Gasteiger partial charge on any atom is -0.493 e. The van der Waals surface area contributed by atoms with Gasteiger partial charge in [0.1, 0.15) is 11.3 Å². The summed E-state index contributed by atoms with van der Waals surface area (Å²) in [6.45, 7) is 7.39. The highest BCUT2D eigenvalue weighted by Gasteiger charge is 2.22. The summed E-state index contributed by atoms with van der Waals surface area (Å²) >= 11 is 0. The summed E-state index contributed by atoms with van der Waals surface area (Å²) in [4.78, 5) is 28.1. The minimum absolute atomic E-state index is 0.191. The summed E-state index contributed by atoms with van der Waals surface area (Å²) in [5.41, 5.74) is 1.86. The van der Waals surface area contributed by atoms with Gasteiger partial charge in [-0.3, -0.25) is 14.5 Å². The van der Waals surface area contributed by atoms with Crippen LogP contribution in [0, 0.1) is 12.8 Å². The maximum Gasteiger partial charge on any atom is 0.263 e. The number of morpholine rings is 1. The van der Waals surface area contributed by atoms with Crippen molar-refractivity contribution in [2.24, 2.45) is 5.92 Å². The van der Waals surface area contributed by atoms with E-state index in [1.807, 2.05) is 31.2 Å². The van der Waals surface area contributed by atoms with Crippen molar-refractivity contribution in [1.82, 2.24) is 14.8 Å². The molecule has 2 aliphatic rings. The van der Waals surface area contributed by atoms with E-state index in [9.17, 15) is 9.59 Å². The van der Waals surface area contributed by atoms with Crippen molar-refractivity contribution in [3.8, 4) is 5.75 Å². The average Bonchev–Trinajstić information content (AvgIpc) is 2.78. The minimum atomic E-state index is -0.308. The van der Waals surface area contributed by atoms with Crippen LogP contribution in [0.25, 0.3) is 0 Å². The lowest BCUT2D eigenvalue weighted by Crippen LogP contribution is -2.41. The van der Waals surface area contributed by atoms with Crippen LogP contribution in [0.4, 0.5) is 0 Å². The fourth-order valence-electron chi connectivity index (χ4n) is 4.04. The molecule has 2 aliphatic heterocycles. The molecule has 1 aromatic carbocycles. The molecule has 2 aromatic rings. The first-order valence-corrected chi connectivity index (χ1v) is 10.6. The Balaban J connectivity index is 1.38. The van der Waals surface area contributed by atoms with Crippen LogP contribution in [0.1, 0.15) is 21.5 Å². The molecule has 1 aromatic heterocycles. The second-order valence-corrected chi connectivity index (χ2v) is 8.03. The van der Waals surface area contributed by atoms with E-state index >= 15 is 0 Å². The number of pyridine rings is 1. The van der Waals surface area contributed by atoms with Crippen LogP contribution in [0.15, 0.2) is 41.3 Å². The number of ether oxygens (including phenoxy) is 2. The Hall–Kier alpha value is -2.64. The highest BCUT2D eigenvalue weighted by atomic mass is 16.5. The zero-order valence-electron chi connectivity index (χ0n) is 17.4. The van der Waals surface area contributed by atoms with Crippen molar-refractivity contribution in [3.63, 3.8) is 0 Å². The molecule has 7 heteroatoms. The summed E-state index contributed by atoms with van der Waals surface area (Å²) in [5, 5.41) is 2.95. The van der Waals surface area contributed by atoms with Crippen LogP contribution in [0.3, 0.4) is 0 Å². The van der Waals surface area contributed by atoms with Crippen LogP contribution in [0.5, 0.6) is 5.75 Å². The smallest absolute Gasteiger partial charge is 0.263 e. The zero-order valence-corrected chi connectivity index (χ0v) is 17.4. The molecular formula is C23H29N3O4. The predicted octanol–water partition coefficient (Wildman–Crippen LogP) is 1.47. The fraction of sp³-hybridized carbons (Fsp3) is 0.478. The molecule has 1 atom stereocenters. The van der Waals surface area contributed by atoms with Crippen LogP contribution in [-0.2, 0) is 17.7 Å². The number of fused-ring (bicyclic) bond motifs is 1. The molecule has 4 rings (SSSR count). The molecule has 0 spiro atoms. The van der Waals surface area contributed by atoms with Gasteiger partial charge in [0.25, 0.3) is 11.5 Å². The molecule has 1 unspecified atom stereocenters. The lowest BCUT2D eigenvalue weighted by Gasteiger charge is -2.27. The van der Waals surface area contributed by atoms with E-state index in [2.05, 4.69) is 16.3 Å². The first-order chi connectivity index (χ1) is 14.6. The number of nitrogens with zero attached hydrogens (tertiary/aromatic N) is 2. The summed E-state index contributed by atoms with van der Waals surface area (Å²) in [7, 11) is 0. The Kier molecular flexibility index (Phi) is 6.50.